The molecule has 17 heavy (non-hydrogen) atoms. The van der Waals surface area contributed by atoms with Crippen LogP contribution in [0.3, 0.4) is 0 Å². The lowest BCUT2D eigenvalue weighted by Gasteiger charge is -2.12. The van der Waals surface area contributed by atoms with Crippen molar-refractivity contribution in [2.24, 2.45) is 0 Å². The molecule has 0 amide bonds. The first-order valence-electron chi connectivity index (χ1n) is 5.32. The Hall–Kier alpha value is -1.26. The lowest BCUT2D eigenvalue weighted by atomic mass is 10.0. The average molecular weight is 254 g/mol. The Morgan fingerprint density at radius 1 is 1.29 bits per heavy atom. The van der Waals surface area contributed by atoms with E-state index in [1.54, 1.807) is 0 Å². The Balaban J connectivity index is 2.43. The highest BCUT2D eigenvalue weighted by Gasteiger charge is 2.19. The predicted molar refractivity (Wildman–Crippen MR) is 64.1 cm³/mol. The van der Waals surface area contributed by atoms with E-state index in [1.165, 1.54) is 11.3 Å². The zero-order chi connectivity index (χ0) is 12.4. The van der Waals surface area contributed by atoms with Crippen LogP contribution in [0.2, 0.25) is 0 Å². The number of aliphatic hydroxyl groups excluding tert-OH is 1. The van der Waals surface area contributed by atoms with Gasteiger partial charge >= 0.3 is 0 Å². The molecule has 2 aromatic rings. The third-order valence-electron chi connectivity index (χ3n) is 2.66. The van der Waals surface area contributed by atoms with Gasteiger partial charge in [0.25, 0.3) is 0 Å². The first kappa shape index (κ1) is 12.2. The van der Waals surface area contributed by atoms with Crippen LogP contribution < -0.4 is 0 Å². The van der Waals surface area contributed by atoms with Gasteiger partial charge in [0.1, 0.15) is 17.7 Å². The van der Waals surface area contributed by atoms with E-state index in [9.17, 15) is 13.9 Å². The van der Waals surface area contributed by atoms with Crippen LogP contribution in [0.4, 0.5) is 8.78 Å². The molecule has 0 spiro atoms. The van der Waals surface area contributed by atoms with Crippen LogP contribution in [0.1, 0.15) is 29.0 Å². The topological polar surface area (TPSA) is 20.2 Å². The van der Waals surface area contributed by atoms with Crippen molar-refractivity contribution in [1.29, 1.82) is 0 Å². The molecule has 1 nitrogen and oxygen atoms in total. The molecule has 0 fully saturated rings. The molecular formula is C13H12F2OS. The van der Waals surface area contributed by atoms with Crippen LogP contribution in [-0.2, 0) is 6.42 Å². The summed E-state index contributed by atoms with van der Waals surface area (Å²) in [6.07, 6.45) is -0.340. The minimum atomic E-state index is -1.10. The summed E-state index contributed by atoms with van der Waals surface area (Å²) < 4.78 is 26.6. The van der Waals surface area contributed by atoms with Gasteiger partial charge in [0.15, 0.2) is 0 Å². The molecule has 1 atom stereocenters. The molecule has 1 N–H and O–H groups in total. The minimum absolute atomic E-state index is 0.0119. The van der Waals surface area contributed by atoms with Gasteiger partial charge in [0.2, 0.25) is 0 Å². The van der Waals surface area contributed by atoms with E-state index < -0.39 is 17.7 Å². The number of hydrogen-bond acceptors (Lipinski definition) is 2. The molecule has 0 aliphatic heterocycles. The van der Waals surface area contributed by atoms with E-state index in [0.717, 1.165) is 30.2 Å². The fraction of sp³-hybridized carbons (Fsp3) is 0.231. The van der Waals surface area contributed by atoms with Gasteiger partial charge in [-0.2, -0.15) is 0 Å². The molecule has 0 saturated carbocycles. The van der Waals surface area contributed by atoms with Crippen molar-refractivity contribution in [2.45, 2.75) is 19.4 Å². The molecule has 1 unspecified atom stereocenters. The number of aliphatic hydroxyl groups is 1. The van der Waals surface area contributed by atoms with E-state index >= 15 is 0 Å². The summed E-state index contributed by atoms with van der Waals surface area (Å²) in [5.74, 6) is -1.13. The van der Waals surface area contributed by atoms with Crippen molar-refractivity contribution in [1.82, 2.24) is 0 Å². The van der Waals surface area contributed by atoms with E-state index in [0.29, 0.717) is 4.88 Å². The molecule has 0 aliphatic rings. The van der Waals surface area contributed by atoms with Crippen LogP contribution in [-0.4, -0.2) is 5.11 Å². The predicted octanol–water partition coefficient (Wildman–Crippen LogP) is 3.67. The van der Waals surface area contributed by atoms with E-state index in [4.69, 9.17) is 0 Å². The van der Waals surface area contributed by atoms with Crippen LogP contribution in [0.15, 0.2) is 29.6 Å². The van der Waals surface area contributed by atoms with Crippen LogP contribution in [0.25, 0.3) is 0 Å². The largest absolute Gasteiger partial charge is 0.383 e. The molecule has 0 bridgehead atoms. The Morgan fingerprint density at radius 3 is 2.76 bits per heavy atom. The molecular weight excluding hydrogens is 242 g/mol. The van der Waals surface area contributed by atoms with Crippen molar-refractivity contribution >= 4 is 11.3 Å². The highest BCUT2D eigenvalue weighted by molar-refractivity contribution is 7.10. The molecule has 1 aromatic heterocycles. The molecule has 0 saturated heterocycles. The average Bonchev–Trinajstić information content (AvgIpc) is 2.79. The third kappa shape index (κ3) is 2.37. The van der Waals surface area contributed by atoms with Gasteiger partial charge in [-0.05, 0) is 41.6 Å². The molecule has 1 heterocycles. The molecule has 1 aromatic carbocycles. The Bertz CT molecular complexity index is 522. The molecule has 0 aliphatic carbocycles. The smallest absolute Gasteiger partial charge is 0.129 e. The highest BCUT2D eigenvalue weighted by Crippen LogP contribution is 2.31. The molecule has 90 valence electrons. The number of aryl methyl sites for hydroxylation is 1. The van der Waals surface area contributed by atoms with Gasteiger partial charge < -0.3 is 5.11 Å². The normalized spacial score (nSPS) is 12.7. The number of rotatable bonds is 3. The van der Waals surface area contributed by atoms with Crippen molar-refractivity contribution < 1.29 is 13.9 Å². The molecule has 2 rings (SSSR count). The standard InChI is InChI=1S/C13H12F2OS/c1-2-8-5-6-17-13(8)12(16)10-7-9(14)3-4-11(10)15/h3-7,12,16H,2H2,1H3. The summed E-state index contributed by atoms with van der Waals surface area (Å²) in [5.41, 5.74) is 0.952. The quantitative estimate of drug-likeness (QED) is 0.886. The number of halogens is 2. The summed E-state index contributed by atoms with van der Waals surface area (Å²) in [7, 11) is 0. The second kappa shape index (κ2) is 4.94. The Kier molecular flexibility index (Phi) is 3.54. The summed E-state index contributed by atoms with van der Waals surface area (Å²) in [6, 6.07) is 5.01. The van der Waals surface area contributed by atoms with Gasteiger partial charge in [-0.25, -0.2) is 8.78 Å². The van der Waals surface area contributed by atoms with Gasteiger partial charge in [-0.3, -0.25) is 0 Å². The second-order valence-corrected chi connectivity index (χ2v) is 4.68. The lowest BCUT2D eigenvalue weighted by Crippen LogP contribution is -2.03. The number of hydrogen-bond donors (Lipinski definition) is 1. The number of thiophene rings is 1. The summed E-state index contributed by atoms with van der Waals surface area (Å²) in [4.78, 5) is 0.678. The fourth-order valence-electron chi connectivity index (χ4n) is 1.74. The Morgan fingerprint density at radius 2 is 2.06 bits per heavy atom. The maximum atomic E-state index is 13.5. The van der Waals surface area contributed by atoms with Gasteiger partial charge in [0, 0.05) is 10.4 Å². The highest BCUT2D eigenvalue weighted by atomic mass is 32.1. The molecule has 4 heteroatoms. The van der Waals surface area contributed by atoms with Crippen molar-refractivity contribution in [3.05, 3.63) is 57.3 Å². The van der Waals surface area contributed by atoms with Gasteiger partial charge in [0.05, 0.1) is 0 Å². The van der Waals surface area contributed by atoms with Crippen LogP contribution >= 0.6 is 11.3 Å². The maximum Gasteiger partial charge on any atom is 0.129 e. The zero-order valence-corrected chi connectivity index (χ0v) is 10.1. The summed E-state index contributed by atoms with van der Waals surface area (Å²) >= 11 is 1.35. The van der Waals surface area contributed by atoms with Crippen LogP contribution in [0, 0.1) is 11.6 Å². The first-order valence-corrected chi connectivity index (χ1v) is 6.20. The van der Waals surface area contributed by atoms with Gasteiger partial charge in [-0.15, -0.1) is 11.3 Å². The maximum absolute atomic E-state index is 13.5. The van der Waals surface area contributed by atoms with Crippen molar-refractivity contribution in [3.8, 4) is 0 Å². The van der Waals surface area contributed by atoms with Gasteiger partial charge in [-0.1, -0.05) is 6.92 Å². The van der Waals surface area contributed by atoms with Crippen LogP contribution in [0.5, 0.6) is 0 Å². The van der Waals surface area contributed by atoms with E-state index in [-0.39, 0.29) is 5.56 Å². The minimum Gasteiger partial charge on any atom is -0.383 e. The summed E-state index contributed by atoms with van der Waals surface area (Å²) in [6.45, 7) is 1.96. The fourth-order valence-corrected chi connectivity index (χ4v) is 2.74. The first-order chi connectivity index (χ1) is 8.13. The summed E-state index contributed by atoms with van der Waals surface area (Å²) in [5, 5.41) is 11.9. The Labute approximate surface area is 102 Å². The zero-order valence-electron chi connectivity index (χ0n) is 9.28. The van der Waals surface area contributed by atoms with E-state index in [2.05, 4.69) is 0 Å². The third-order valence-corrected chi connectivity index (χ3v) is 3.67. The second-order valence-electron chi connectivity index (χ2n) is 3.73. The number of benzene rings is 1. The lowest BCUT2D eigenvalue weighted by molar-refractivity contribution is 0.217. The van der Waals surface area contributed by atoms with Crippen molar-refractivity contribution in [2.75, 3.05) is 0 Å². The van der Waals surface area contributed by atoms with E-state index in [1.807, 2.05) is 18.4 Å². The SMILES string of the molecule is CCc1ccsc1C(O)c1cc(F)ccc1F. The monoisotopic (exact) mass is 254 g/mol. The van der Waals surface area contributed by atoms with Crippen molar-refractivity contribution in [3.63, 3.8) is 0 Å². The molecule has 0 radical (unpaired) electrons.